The van der Waals surface area contributed by atoms with Gasteiger partial charge < -0.3 is 0 Å². The van der Waals surface area contributed by atoms with Crippen LogP contribution in [0.5, 0.6) is 0 Å². The van der Waals surface area contributed by atoms with Crippen molar-refractivity contribution in [2.24, 2.45) is 0 Å². The average molecular weight is 206 g/mol. The highest BCUT2D eigenvalue weighted by Crippen LogP contribution is 2.06. The smallest absolute Gasteiger partial charge is 0.0348 e. The van der Waals surface area contributed by atoms with Crippen LogP contribution in [0, 0.1) is 0 Å². The summed E-state index contributed by atoms with van der Waals surface area (Å²) in [5, 5.41) is 0. The lowest BCUT2D eigenvalue weighted by atomic mass is 10.1. The molecule has 0 spiro atoms. The molecule has 0 aromatic carbocycles. The summed E-state index contributed by atoms with van der Waals surface area (Å²) >= 11 is 0. The highest BCUT2D eigenvalue weighted by molar-refractivity contribution is 4.82. The molecule has 0 unspecified atom stereocenters. The highest BCUT2D eigenvalue weighted by Gasteiger charge is 1.86. The molecule has 0 aromatic rings. The van der Waals surface area contributed by atoms with E-state index in [1.165, 1.54) is 51.4 Å². The monoisotopic (exact) mass is 206 g/mol. The molecule has 86 valence electrons. The molecule has 0 saturated heterocycles. The van der Waals surface area contributed by atoms with Crippen LogP contribution in [0.2, 0.25) is 0 Å². The normalized spacial score (nSPS) is 10.7. The average Bonchev–Trinajstić information content (AvgIpc) is 2.26. The molecule has 0 aliphatic carbocycles. The van der Waals surface area contributed by atoms with Gasteiger partial charge in [0.05, 0.1) is 0 Å². The van der Waals surface area contributed by atoms with Crippen LogP contribution in [0.1, 0.15) is 57.8 Å². The summed E-state index contributed by atoms with van der Waals surface area (Å²) in [6.45, 7) is 7.44. The van der Waals surface area contributed by atoms with Crippen molar-refractivity contribution >= 4 is 0 Å². The number of hydrogen-bond donors (Lipinski definition) is 0. The standard InChI is InChI=1S/C15H26/c1-3-5-7-9-11-13-15-14-12-10-8-6-4-2/h3-4,11,13H,1-2,5-10,12,14-15H2. The van der Waals surface area contributed by atoms with Crippen molar-refractivity contribution < 1.29 is 0 Å². The largest absolute Gasteiger partial charge is 0.103 e. The second-order valence-corrected chi connectivity index (χ2v) is 3.97. The van der Waals surface area contributed by atoms with Crippen LogP contribution in [-0.2, 0) is 0 Å². The summed E-state index contributed by atoms with van der Waals surface area (Å²) in [6, 6.07) is 0. The Balaban J connectivity index is 3.02. The van der Waals surface area contributed by atoms with E-state index in [4.69, 9.17) is 0 Å². The zero-order chi connectivity index (χ0) is 11.2. The maximum absolute atomic E-state index is 3.73. The van der Waals surface area contributed by atoms with Crippen molar-refractivity contribution in [1.29, 1.82) is 0 Å². The van der Waals surface area contributed by atoms with Crippen molar-refractivity contribution in [2.75, 3.05) is 0 Å². The quantitative estimate of drug-likeness (QED) is 0.312. The Morgan fingerprint density at radius 2 is 1.00 bits per heavy atom. The molecular formula is C15H26. The molecule has 0 radical (unpaired) electrons. The van der Waals surface area contributed by atoms with Gasteiger partial charge >= 0.3 is 0 Å². The van der Waals surface area contributed by atoms with Crippen LogP contribution in [0.15, 0.2) is 37.5 Å². The van der Waals surface area contributed by atoms with Crippen LogP contribution in [0.3, 0.4) is 0 Å². The van der Waals surface area contributed by atoms with E-state index in [0.29, 0.717) is 0 Å². The molecule has 15 heavy (non-hydrogen) atoms. The maximum atomic E-state index is 3.73. The van der Waals surface area contributed by atoms with Gasteiger partial charge in [-0.3, -0.25) is 0 Å². The van der Waals surface area contributed by atoms with Gasteiger partial charge in [-0.25, -0.2) is 0 Å². The Morgan fingerprint density at radius 3 is 1.60 bits per heavy atom. The maximum Gasteiger partial charge on any atom is -0.0348 e. The number of hydrogen-bond acceptors (Lipinski definition) is 0. The number of rotatable bonds is 11. The zero-order valence-electron chi connectivity index (χ0n) is 10.1. The minimum atomic E-state index is 1.14. The third-order valence-corrected chi connectivity index (χ3v) is 2.47. The fourth-order valence-electron chi connectivity index (χ4n) is 1.52. The molecule has 0 nitrogen and oxygen atoms in total. The number of allylic oxidation sites excluding steroid dienone is 4. The molecule has 0 aliphatic rings. The predicted molar refractivity (Wildman–Crippen MR) is 71.1 cm³/mol. The Labute approximate surface area is 95.8 Å². The van der Waals surface area contributed by atoms with Crippen molar-refractivity contribution in [3.8, 4) is 0 Å². The molecule has 0 saturated carbocycles. The van der Waals surface area contributed by atoms with E-state index >= 15 is 0 Å². The van der Waals surface area contributed by atoms with Gasteiger partial charge in [0.1, 0.15) is 0 Å². The summed E-state index contributed by atoms with van der Waals surface area (Å²) in [7, 11) is 0. The van der Waals surface area contributed by atoms with Crippen molar-refractivity contribution in [3.05, 3.63) is 37.5 Å². The Kier molecular flexibility index (Phi) is 12.5. The van der Waals surface area contributed by atoms with Gasteiger partial charge in [-0.05, 0) is 44.9 Å². The van der Waals surface area contributed by atoms with Gasteiger partial charge in [-0.2, -0.15) is 0 Å². The van der Waals surface area contributed by atoms with E-state index < -0.39 is 0 Å². The summed E-state index contributed by atoms with van der Waals surface area (Å²) in [5.74, 6) is 0. The second-order valence-electron chi connectivity index (χ2n) is 3.97. The molecule has 0 atom stereocenters. The van der Waals surface area contributed by atoms with Gasteiger partial charge in [0.15, 0.2) is 0 Å². The fraction of sp³-hybridized carbons (Fsp3) is 0.600. The van der Waals surface area contributed by atoms with Crippen LogP contribution >= 0.6 is 0 Å². The molecule has 0 aromatic heterocycles. The molecule has 0 N–H and O–H groups in total. The van der Waals surface area contributed by atoms with Crippen LogP contribution < -0.4 is 0 Å². The first kappa shape index (κ1) is 14.2. The SMILES string of the molecule is C=CCCCC=CCCCCCCC=C. The van der Waals surface area contributed by atoms with Crippen molar-refractivity contribution in [3.63, 3.8) is 0 Å². The highest BCUT2D eigenvalue weighted by atomic mass is 13.9. The van der Waals surface area contributed by atoms with E-state index in [9.17, 15) is 0 Å². The molecule has 0 heteroatoms. The summed E-state index contributed by atoms with van der Waals surface area (Å²) < 4.78 is 0. The predicted octanol–water partition coefficient (Wildman–Crippen LogP) is 5.43. The molecule has 0 rings (SSSR count). The minimum absolute atomic E-state index is 1.14. The van der Waals surface area contributed by atoms with Crippen LogP contribution in [0.4, 0.5) is 0 Å². The van der Waals surface area contributed by atoms with E-state index in [2.05, 4.69) is 25.3 Å². The lowest BCUT2D eigenvalue weighted by Crippen LogP contribution is -1.76. The molecular weight excluding hydrogens is 180 g/mol. The lowest BCUT2D eigenvalue weighted by molar-refractivity contribution is 0.652. The number of unbranched alkanes of at least 4 members (excludes halogenated alkanes) is 7. The topological polar surface area (TPSA) is 0 Å². The minimum Gasteiger partial charge on any atom is -0.103 e. The fourth-order valence-corrected chi connectivity index (χ4v) is 1.52. The summed E-state index contributed by atoms with van der Waals surface area (Å²) in [6.07, 6.45) is 20.1. The Hall–Kier alpha value is -0.780. The van der Waals surface area contributed by atoms with E-state index in [1.54, 1.807) is 0 Å². The molecule has 0 heterocycles. The molecule has 0 aliphatic heterocycles. The van der Waals surface area contributed by atoms with Crippen LogP contribution in [-0.4, -0.2) is 0 Å². The first-order valence-corrected chi connectivity index (χ1v) is 6.28. The second kappa shape index (κ2) is 13.2. The molecule has 0 bridgehead atoms. The first-order valence-electron chi connectivity index (χ1n) is 6.28. The third-order valence-electron chi connectivity index (χ3n) is 2.47. The Bertz CT molecular complexity index is 165. The van der Waals surface area contributed by atoms with Gasteiger partial charge in [-0.1, -0.05) is 37.1 Å². The van der Waals surface area contributed by atoms with Crippen molar-refractivity contribution in [1.82, 2.24) is 0 Å². The zero-order valence-corrected chi connectivity index (χ0v) is 10.1. The third kappa shape index (κ3) is 13.2. The van der Waals surface area contributed by atoms with E-state index in [-0.39, 0.29) is 0 Å². The first-order chi connectivity index (χ1) is 7.41. The summed E-state index contributed by atoms with van der Waals surface area (Å²) in [4.78, 5) is 0. The van der Waals surface area contributed by atoms with Crippen molar-refractivity contribution in [2.45, 2.75) is 57.8 Å². The molecule has 0 fully saturated rings. The van der Waals surface area contributed by atoms with Gasteiger partial charge in [0, 0.05) is 0 Å². The van der Waals surface area contributed by atoms with Gasteiger partial charge in [0.2, 0.25) is 0 Å². The van der Waals surface area contributed by atoms with E-state index in [0.717, 1.165) is 6.42 Å². The Morgan fingerprint density at radius 1 is 0.533 bits per heavy atom. The van der Waals surface area contributed by atoms with Gasteiger partial charge in [-0.15, -0.1) is 13.2 Å². The van der Waals surface area contributed by atoms with Crippen LogP contribution in [0.25, 0.3) is 0 Å². The summed E-state index contributed by atoms with van der Waals surface area (Å²) in [5.41, 5.74) is 0. The van der Waals surface area contributed by atoms with Gasteiger partial charge in [0.25, 0.3) is 0 Å². The lowest BCUT2D eigenvalue weighted by Gasteiger charge is -1.96. The van der Waals surface area contributed by atoms with E-state index in [1.807, 2.05) is 12.2 Å². The molecule has 0 amide bonds.